The highest BCUT2D eigenvalue weighted by atomic mass is 32.2. The first-order valence-electron chi connectivity index (χ1n) is 10.1. The molecule has 1 fully saturated rings. The van der Waals surface area contributed by atoms with E-state index in [9.17, 15) is 9.59 Å². The van der Waals surface area contributed by atoms with Crippen LogP contribution in [0.25, 0.3) is 11.7 Å². The Morgan fingerprint density at radius 2 is 1.84 bits per heavy atom. The maximum atomic E-state index is 13.4. The molecule has 0 saturated carbocycles. The number of thiocarbonyl (C=S) groups is 1. The Morgan fingerprint density at radius 1 is 1.12 bits per heavy atom. The number of rotatable bonds is 6. The van der Waals surface area contributed by atoms with Crippen molar-refractivity contribution in [1.82, 2.24) is 14.3 Å². The lowest BCUT2D eigenvalue weighted by molar-refractivity contribution is -0.121. The predicted molar refractivity (Wildman–Crippen MR) is 135 cm³/mol. The summed E-state index contributed by atoms with van der Waals surface area (Å²) in [6.45, 7) is 8.44. The number of thioether (sulfide) groups is 1. The van der Waals surface area contributed by atoms with E-state index in [0.717, 1.165) is 11.1 Å². The van der Waals surface area contributed by atoms with Crippen LogP contribution in [0.1, 0.15) is 22.3 Å². The van der Waals surface area contributed by atoms with Crippen LogP contribution in [0.4, 0.5) is 5.82 Å². The summed E-state index contributed by atoms with van der Waals surface area (Å²) in [6, 6.07) is 11.8. The van der Waals surface area contributed by atoms with Gasteiger partial charge < -0.3 is 5.32 Å². The van der Waals surface area contributed by atoms with Crippen molar-refractivity contribution in [3.63, 3.8) is 0 Å². The van der Waals surface area contributed by atoms with Crippen LogP contribution in [0.5, 0.6) is 0 Å². The number of carbonyl (C=O) groups is 1. The van der Waals surface area contributed by atoms with E-state index in [2.05, 4.69) is 16.9 Å². The SMILES string of the molecule is C=CCN1C(=O)/C(=C/c2c(NCc3ccc(C)cc3)nc3ccc(C)cn3c2=O)SC1=S. The normalized spacial score (nSPS) is 15.1. The molecule has 0 atom stereocenters. The second-order valence-electron chi connectivity index (χ2n) is 7.53. The molecular weight excluding hydrogens is 440 g/mol. The number of fused-ring (bicyclic) bond motifs is 1. The molecule has 1 amide bonds. The zero-order chi connectivity index (χ0) is 22.8. The first-order chi connectivity index (χ1) is 15.4. The summed E-state index contributed by atoms with van der Waals surface area (Å²) in [5.74, 6) is 0.187. The Morgan fingerprint density at radius 3 is 2.56 bits per heavy atom. The van der Waals surface area contributed by atoms with Crippen LogP contribution in [0.2, 0.25) is 0 Å². The molecule has 2 aromatic heterocycles. The van der Waals surface area contributed by atoms with Gasteiger partial charge in [-0.05, 0) is 37.1 Å². The van der Waals surface area contributed by atoms with Crippen LogP contribution in [0.3, 0.4) is 0 Å². The van der Waals surface area contributed by atoms with Crippen LogP contribution in [-0.2, 0) is 11.3 Å². The summed E-state index contributed by atoms with van der Waals surface area (Å²) in [4.78, 5) is 32.7. The van der Waals surface area contributed by atoms with Crippen molar-refractivity contribution in [2.45, 2.75) is 20.4 Å². The third kappa shape index (κ3) is 4.37. The quantitative estimate of drug-likeness (QED) is 0.335. The molecule has 1 N–H and O–H groups in total. The molecule has 0 aliphatic carbocycles. The highest BCUT2D eigenvalue weighted by Gasteiger charge is 2.31. The van der Waals surface area contributed by atoms with E-state index < -0.39 is 0 Å². The Balaban J connectivity index is 1.79. The molecule has 8 heteroatoms. The Labute approximate surface area is 195 Å². The van der Waals surface area contributed by atoms with E-state index in [-0.39, 0.29) is 11.5 Å². The van der Waals surface area contributed by atoms with Crippen molar-refractivity contribution in [3.05, 3.63) is 92.8 Å². The summed E-state index contributed by atoms with van der Waals surface area (Å²) in [7, 11) is 0. The van der Waals surface area contributed by atoms with Gasteiger partial charge in [0.25, 0.3) is 11.5 Å². The third-order valence-corrected chi connectivity index (χ3v) is 6.42. The van der Waals surface area contributed by atoms with Gasteiger partial charge in [-0.15, -0.1) is 6.58 Å². The molecule has 3 heterocycles. The van der Waals surface area contributed by atoms with Gasteiger partial charge in [-0.1, -0.05) is 66.0 Å². The maximum Gasteiger partial charge on any atom is 0.267 e. The summed E-state index contributed by atoms with van der Waals surface area (Å²) in [6.07, 6.45) is 4.95. The number of pyridine rings is 1. The van der Waals surface area contributed by atoms with Gasteiger partial charge in [0.05, 0.1) is 10.5 Å². The molecular formula is C24H22N4O2S2. The molecule has 6 nitrogen and oxygen atoms in total. The van der Waals surface area contributed by atoms with Crippen molar-refractivity contribution < 1.29 is 4.79 Å². The van der Waals surface area contributed by atoms with Gasteiger partial charge in [-0.2, -0.15) is 0 Å². The van der Waals surface area contributed by atoms with Crippen molar-refractivity contribution >= 4 is 51.7 Å². The molecule has 0 radical (unpaired) electrons. The van der Waals surface area contributed by atoms with Gasteiger partial charge in [0, 0.05) is 19.3 Å². The number of nitrogens with zero attached hydrogens (tertiary/aromatic N) is 3. The minimum absolute atomic E-state index is 0.238. The molecule has 1 aliphatic heterocycles. The van der Waals surface area contributed by atoms with Gasteiger partial charge in [0.15, 0.2) is 0 Å². The van der Waals surface area contributed by atoms with Gasteiger partial charge >= 0.3 is 0 Å². The summed E-state index contributed by atoms with van der Waals surface area (Å²) < 4.78 is 1.95. The lowest BCUT2D eigenvalue weighted by atomic mass is 10.1. The van der Waals surface area contributed by atoms with E-state index in [1.165, 1.54) is 26.6 Å². The van der Waals surface area contributed by atoms with Crippen LogP contribution in [-0.4, -0.2) is 31.1 Å². The fraction of sp³-hybridized carbons (Fsp3) is 0.167. The Hall–Kier alpha value is -3.23. The molecule has 0 spiro atoms. The lowest BCUT2D eigenvalue weighted by Gasteiger charge is -2.12. The van der Waals surface area contributed by atoms with Crippen LogP contribution < -0.4 is 10.9 Å². The molecule has 1 aromatic carbocycles. The number of nitrogens with one attached hydrogen (secondary N) is 1. The van der Waals surface area contributed by atoms with E-state index in [1.807, 2.05) is 44.2 Å². The number of carbonyl (C=O) groups excluding carboxylic acids is 1. The summed E-state index contributed by atoms with van der Waals surface area (Å²) >= 11 is 6.50. The van der Waals surface area contributed by atoms with Crippen molar-refractivity contribution in [1.29, 1.82) is 0 Å². The van der Waals surface area contributed by atoms with E-state index in [0.29, 0.717) is 39.3 Å². The van der Waals surface area contributed by atoms with E-state index in [4.69, 9.17) is 12.2 Å². The van der Waals surface area contributed by atoms with Gasteiger partial charge in [0.1, 0.15) is 15.8 Å². The topological polar surface area (TPSA) is 66.7 Å². The molecule has 1 aliphatic rings. The zero-order valence-corrected chi connectivity index (χ0v) is 19.4. The molecule has 3 aromatic rings. The fourth-order valence-electron chi connectivity index (χ4n) is 3.33. The van der Waals surface area contributed by atoms with Crippen LogP contribution in [0.15, 0.2) is 64.9 Å². The monoisotopic (exact) mass is 462 g/mol. The predicted octanol–water partition coefficient (Wildman–Crippen LogP) is 4.31. The minimum Gasteiger partial charge on any atom is -0.365 e. The van der Waals surface area contributed by atoms with E-state index in [1.54, 1.807) is 24.4 Å². The van der Waals surface area contributed by atoms with Crippen molar-refractivity contribution in [2.24, 2.45) is 0 Å². The smallest absolute Gasteiger partial charge is 0.267 e. The largest absolute Gasteiger partial charge is 0.365 e. The van der Waals surface area contributed by atoms with Crippen molar-refractivity contribution in [3.8, 4) is 0 Å². The van der Waals surface area contributed by atoms with Gasteiger partial charge in [0.2, 0.25) is 0 Å². The lowest BCUT2D eigenvalue weighted by Crippen LogP contribution is -2.28. The zero-order valence-electron chi connectivity index (χ0n) is 17.8. The number of hydrogen-bond donors (Lipinski definition) is 1. The number of aryl methyl sites for hydroxylation is 2. The highest BCUT2D eigenvalue weighted by molar-refractivity contribution is 8.26. The fourth-order valence-corrected chi connectivity index (χ4v) is 4.59. The third-order valence-electron chi connectivity index (χ3n) is 5.05. The molecule has 1 saturated heterocycles. The summed E-state index contributed by atoms with van der Waals surface area (Å²) in [5, 5.41) is 3.28. The van der Waals surface area contributed by atoms with E-state index >= 15 is 0 Å². The second kappa shape index (κ2) is 9.10. The molecule has 0 unspecified atom stereocenters. The number of hydrogen-bond acceptors (Lipinski definition) is 6. The Bertz CT molecular complexity index is 1330. The first kappa shape index (κ1) is 22.0. The Kier molecular flexibility index (Phi) is 6.25. The van der Waals surface area contributed by atoms with Gasteiger partial charge in [-0.25, -0.2) is 4.98 Å². The number of aromatic nitrogens is 2. The van der Waals surface area contributed by atoms with Crippen molar-refractivity contribution in [2.75, 3.05) is 11.9 Å². The summed E-state index contributed by atoms with van der Waals surface area (Å²) in [5.41, 5.74) is 3.77. The van der Waals surface area contributed by atoms with Gasteiger partial charge in [-0.3, -0.25) is 18.9 Å². The molecule has 162 valence electrons. The number of benzene rings is 1. The molecule has 0 bridgehead atoms. The average Bonchev–Trinajstić information content (AvgIpc) is 3.04. The number of anilines is 1. The standard InChI is InChI=1S/C24H22N4O2S2/c1-4-11-27-23(30)19(32-24(27)31)12-18-21(25-13-17-8-5-15(2)6-9-17)26-20-10-7-16(3)14-28(20)22(18)29/h4-10,12,14,25H,1,11,13H2,2-3H3/b19-12-. The maximum absolute atomic E-state index is 13.4. The minimum atomic E-state index is -0.251. The molecule has 4 rings (SSSR count). The molecule has 32 heavy (non-hydrogen) atoms. The first-order valence-corrected chi connectivity index (χ1v) is 11.3. The second-order valence-corrected chi connectivity index (χ2v) is 9.21. The van der Waals surface area contributed by atoms with Crippen LogP contribution >= 0.6 is 24.0 Å². The highest BCUT2D eigenvalue weighted by Crippen LogP contribution is 2.33. The average molecular weight is 463 g/mol. The van der Waals surface area contributed by atoms with Crippen LogP contribution in [0, 0.1) is 13.8 Å². The number of amides is 1.